The normalized spacial score (nSPS) is 10.6. The van der Waals surface area contributed by atoms with Gasteiger partial charge >= 0.3 is 0 Å². The number of H-pyrrole nitrogens is 1. The average molecular weight is 315 g/mol. The van der Waals surface area contributed by atoms with Crippen molar-refractivity contribution in [3.05, 3.63) is 57.6 Å². The average Bonchev–Trinajstić information content (AvgIpc) is 2.55. The number of pyridine rings is 2. The zero-order chi connectivity index (χ0) is 16.8. The Balaban J connectivity index is 2.04. The third kappa shape index (κ3) is 4.18. The predicted molar refractivity (Wildman–Crippen MR) is 88.0 cm³/mol. The molecule has 0 atom stereocenters. The third-order valence-corrected chi connectivity index (χ3v) is 3.49. The lowest BCUT2D eigenvalue weighted by atomic mass is 10.0. The SMILES string of the molecule is COc1ncccc1CCNC(=O)c1ccc(=O)[nH]c1C(C)C. The van der Waals surface area contributed by atoms with Crippen molar-refractivity contribution in [2.24, 2.45) is 0 Å². The molecule has 0 saturated carbocycles. The molecule has 2 aromatic rings. The lowest BCUT2D eigenvalue weighted by Crippen LogP contribution is -2.28. The van der Waals surface area contributed by atoms with Crippen molar-refractivity contribution in [3.8, 4) is 5.88 Å². The van der Waals surface area contributed by atoms with E-state index in [0.29, 0.717) is 30.1 Å². The fourth-order valence-corrected chi connectivity index (χ4v) is 2.35. The molecule has 122 valence electrons. The number of hydrogen-bond acceptors (Lipinski definition) is 4. The number of aromatic amines is 1. The summed E-state index contributed by atoms with van der Waals surface area (Å²) in [5.74, 6) is 0.421. The molecule has 1 amide bonds. The van der Waals surface area contributed by atoms with E-state index >= 15 is 0 Å². The number of nitrogens with one attached hydrogen (secondary N) is 2. The summed E-state index contributed by atoms with van der Waals surface area (Å²) in [6.07, 6.45) is 2.28. The van der Waals surface area contributed by atoms with Crippen molar-refractivity contribution in [2.45, 2.75) is 26.2 Å². The molecule has 2 rings (SSSR count). The van der Waals surface area contributed by atoms with Crippen LogP contribution < -0.4 is 15.6 Å². The van der Waals surface area contributed by atoms with Crippen LogP contribution in [0.3, 0.4) is 0 Å². The first-order valence-corrected chi connectivity index (χ1v) is 7.52. The molecule has 0 spiro atoms. The number of carbonyl (C=O) groups is 1. The van der Waals surface area contributed by atoms with E-state index in [4.69, 9.17) is 4.74 Å². The summed E-state index contributed by atoms with van der Waals surface area (Å²) in [5, 5.41) is 2.87. The highest BCUT2D eigenvalue weighted by Crippen LogP contribution is 2.16. The third-order valence-electron chi connectivity index (χ3n) is 3.49. The number of amides is 1. The lowest BCUT2D eigenvalue weighted by Gasteiger charge is -2.12. The highest BCUT2D eigenvalue weighted by atomic mass is 16.5. The minimum absolute atomic E-state index is 0.0584. The molecule has 23 heavy (non-hydrogen) atoms. The van der Waals surface area contributed by atoms with Crippen LogP contribution in [0.1, 0.15) is 41.4 Å². The molecular weight excluding hydrogens is 294 g/mol. The molecular formula is C17H21N3O3. The maximum absolute atomic E-state index is 12.3. The number of aromatic nitrogens is 2. The van der Waals surface area contributed by atoms with Crippen LogP contribution >= 0.6 is 0 Å². The molecule has 0 saturated heterocycles. The first-order valence-electron chi connectivity index (χ1n) is 7.52. The molecule has 6 nitrogen and oxygen atoms in total. The Kier molecular flexibility index (Phi) is 5.51. The smallest absolute Gasteiger partial charge is 0.253 e. The summed E-state index contributed by atoms with van der Waals surface area (Å²) in [6.45, 7) is 4.32. The van der Waals surface area contributed by atoms with Gasteiger partial charge in [0.05, 0.1) is 12.7 Å². The number of hydrogen-bond donors (Lipinski definition) is 2. The van der Waals surface area contributed by atoms with Crippen LogP contribution in [0.2, 0.25) is 0 Å². The lowest BCUT2D eigenvalue weighted by molar-refractivity contribution is 0.0952. The van der Waals surface area contributed by atoms with Gasteiger partial charge in [0, 0.05) is 30.1 Å². The van der Waals surface area contributed by atoms with Crippen molar-refractivity contribution in [3.63, 3.8) is 0 Å². The largest absolute Gasteiger partial charge is 0.481 e. The summed E-state index contributed by atoms with van der Waals surface area (Å²) < 4.78 is 5.19. The fraction of sp³-hybridized carbons (Fsp3) is 0.353. The van der Waals surface area contributed by atoms with Crippen LogP contribution in [-0.4, -0.2) is 29.5 Å². The highest BCUT2D eigenvalue weighted by molar-refractivity contribution is 5.95. The van der Waals surface area contributed by atoms with Crippen LogP contribution in [0, 0.1) is 0 Å². The topological polar surface area (TPSA) is 84.1 Å². The maximum atomic E-state index is 12.3. The van der Waals surface area contributed by atoms with E-state index in [9.17, 15) is 9.59 Å². The Morgan fingerprint density at radius 3 is 2.83 bits per heavy atom. The molecule has 0 radical (unpaired) electrons. The van der Waals surface area contributed by atoms with Crippen LogP contribution in [0.15, 0.2) is 35.3 Å². The molecule has 0 bridgehead atoms. The van der Waals surface area contributed by atoms with E-state index in [1.165, 1.54) is 6.07 Å². The van der Waals surface area contributed by atoms with E-state index in [0.717, 1.165) is 5.56 Å². The first kappa shape index (κ1) is 16.7. The molecule has 0 fully saturated rings. The maximum Gasteiger partial charge on any atom is 0.253 e. The van der Waals surface area contributed by atoms with Gasteiger partial charge < -0.3 is 15.0 Å². The van der Waals surface area contributed by atoms with E-state index < -0.39 is 0 Å². The van der Waals surface area contributed by atoms with Gasteiger partial charge in [0.1, 0.15) is 0 Å². The summed E-state index contributed by atoms with van der Waals surface area (Å²) in [5.41, 5.74) is 1.87. The van der Waals surface area contributed by atoms with Crippen molar-refractivity contribution in [2.75, 3.05) is 13.7 Å². The minimum atomic E-state index is -0.203. The number of nitrogens with zero attached hydrogens (tertiary/aromatic N) is 1. The van der Waals surface area contributed by atoms with Gasteiger partial charge in [-0.25, -0.2) is 4.98 Å². The van der Waals surface area contributed by atoms with Crippen LogP contribution in [-0.2, 0) is 6.42 Å². The van der Waals surface area contributed by atoms with Crippen molar-refractivity contribution in [1.29, 1.82) is 0 Å². The summed E-state index contributed by atoms with van der Waals surface area (Å²) in [4.78, 5) is 30.6. The van der Waals surface area contributed by atoms with Crippen molar-refractivity contribution < 1.29 is 9.53 Å². The Morgan fingerprint density at radius 1 is 1.35 bits per heavy atom. The Labute approximate surface area is 134 Å². The van der Waals surface area contributed by atoms with Crippen molar-refractivity contribution in [1.82, 2.24) is 15.3 Å². The second kappa shape index (κ2) is 7.58. The molecule has 0 aliphatic rings. The van der Waals surface area contributed by atoms with Gasteiger partial charge in [-0.15, -0.1) is 0 Å². The Morgan fingerprint density at radius 2 is 2.13 bits per heavy atom. The molecule has 2 heterocycles. The first-order chi connectivity index (χ1) is 11.0. The van der Waals surface area contributed by atoms with E-state index in [1.807, 2.05) is 26.0 Å². The van der Waals surface area contributed by atoms with Crippen LogP contribution in [0.5, 0.6) is 5.88 Å². The number of carbonyl (C=O) groups excluding carboxylic acids is 1. The monoisotopic (exact) mass is 315 g/mol. The van der Waals surface area contributed by atoms with E-state index in [-0.39, 0.29) is 17.4 Å². The molecule has 0 aliphatic heterocycles. The highest BCUT2D eigenvalue weighted by Gasteiger charge is 2.14. The van der Waals surface area contributed by atoms with Gasteiger partial charge in [-0.1, -0.05) is 19.9 Å². The van der Waals surface area contributed by atoms with Crippen molar-refractivity contribution >= 4 is 5.91 Å². The summed E-state index contributed by atoms with van der Waals surface area (Å²) >= 11 is 0. The van der Waals surface area contributed by atoms with E-state index in [1.54, 1.807) is 19.4 Å². The van der Waals surface area contributed by atoms with Gasteiger partial charge in [0.15, 0.2) is 0 Å². The number of methoxy groups -OCH3 is 1. The molecule has 0 unspecified atom stereocenters. The molecule has 2 N–H and O–H groups in total. The number of ether oxygens (including phenoxy) is 1. The summed E-state index contributed by atoms with van der Waals surface area (Å²) in [6, 6.07) is 6.68. The second-order valence-electron chi connectivity index (χ2n) is 5.48. The van der Waals surface area contributed by atoms with Gasteiger partial charge in [-0.05, 0) is 24.5 Å². The predicted octanol–water partition coefficient (Wildman–Crippen LogP) is 1.87. The zero-order valence-corrected chi connectivity index (χ0v) is 13.6. The van der Waals surface area contributed by atoms with Crippen LogP contribution in [0.25, 0.3) is 0 Å². The zero-order valence-electron chi connectivity index (χ0n) is 13.6. The molecule has 6 heteroatoms. The Hall–Kier alpha value is -2.63. The van der Waals surface area contributed by atoms with Gasteiger partial charge in [-0.3, -0.25) is 9.59 Å². The van der Waals surface area contributed by atoms with E-state index in [2.05, 4.69) is 15.3 Å². The van der Waals surface area contributed by atoms with Gasteiger partial charge in [0.25, 0.3) is 5.91 Å². The molecule has 0 aromatic carbocycles. The van der Waals surface area contributed by atoms with Crippen LogP contribution in [0.4, 0.5) is 0 Å². The van der Waals surface area contributed by atoms with Gasteiger partial charge in [0.2, 0.25) is 11.4 Å². The molecule has 0 aliphatic carbocycles. The summed E-state index contributed by atoms with van der Waals surface area (Å²) in [7, 11) is 1.57. The minimum Gasteiger partial charge on any atom is -0.481 e. The number of rotatable bonds is 6. The quantitative estimate of drug-likeness (QED) is 0.852. The molecule has 2 aromatic heterocycles. The fourth-order valence-electron chi connectivity index (χ4n) is 2.35. The second-order valence-corrected chi connectivity index (χ2v) is 5.48. The van der Waals surface area contributed by atoms with Gasteiger partial charge in [-0.2, -0.15) is 0 Å². The Bertz CT molecular complexity index is 738. The standard InChI is InChI=1S/C17H21N3O3/c1-11(2)15-13(6-7-14(21)20-15)16(22)18-10-8-12-5-4-9-19-17(12)23-3/h4-7,9,11H,8,10H2,1-3H3,(H,18,22)(H,20,21).